The van der Waals surface area contributed by atoms with Crippen LogP contribution in [0.15, 0.2) is 60.7 Å². The molecule has 0 spiro atoms. The molecule has 0 atom stereocenters. The third kappa shape index (κ3) is 6.83. The van der Waals surface area contributed by atoms with Crippen LogP contribution in [0.5, 0.6) is 0 Å². The molecule has 172 valence electrons. The monoisotopic (exact) mass is 433 g/mol. The Bertz CT molecular complexity index is 796. The lowest BCUT2D eigenvalue weighted by molar-refractivity contribution is 0.182. The summed E-state index contributed by atoms with van der Waals surface area (Å²) in [5, 5.41) is 3.31. The van der Waals surface area contributed by atoms with Gasteiger partial charge in [-0.3, -0.25) is 4.90 Å². The van der Waals surface area contributed by atoms with Gasteiger partial charge in [-0.25, -0.2) is 4.79 Å². The minimum Gasteiger partial charge on any atom is -0.335 e. The molecule has 4 rings (SSSR count). The summed E-state index contributed by atoms with van der Waals surface area (Å²) < 4.78 is 0. The summed E-state index contributed by atoms with van der Waals surface area (Å²) in [7, 11) is 0. The molecule has 1 heterocycles. The number of carbonyl (C=O) groups is 1. The number of anilines is 1. The van der Waals surface area contributed by atoms with Crippen molar-refractivity contribution in [2.24, 2.45) is 5.92 Å². The molecular weight excluding hydrogens is 394 g/mol. The lowest BCUT2D eigenvalue weighted by atomic mass is 9.90. The molecule has 2 amide bonds. The second kappa shape index (κ2) is 12.1. The Kier molecular flexibility index (Phi) is 8.61. The molecule has 2 aromatic rings. The first-order valence-corrected chi connectivity index (χ1v) is 12.7. The van der Waals surface area contributed by atoms with Crippen LogP contribution in [0.1, 0.15) is 56.9 Å². The molecule has 4 nitrogen and oxygen atoms in total. The second-order valence-corrected chi connectivity index (χ2v) is 9.60. The summed E-state index contributed by atoms with van der Waals surface area (Å²) in [4.78, 5) is 17.7. The number of benzene rings is 2. The molecule has 1 saturated carbocycles. The predicted octanol–water partition coefficient (Wildman–Crippen LogP) is 5.88. The number of hydrogen-bond donors (Lipinski definition) is 1. The van der Waals surface area contributed by atoms with E-state index in [1.165, 1.54) is 57.2 Å². The first-order chi connectivity index (χ1) is 15.8. The third-order valence-electron chi connectivity index (χ3n) is 7.18. The van der Waals surface area contributed by atoms with Crippen molar-refractivity contribution in [3.63, 3.8) is 0 Å². The standard InChI is InChI=1S/C28H39N3O/c32-28(29-26-13-6-2-7-14-26)31(27-15-8-3-9-16-27)20-10-19-30-21-17-25(18-22-30)23-24-11-4-1-5-12-24/h1,3-5,8-9,11-12,15-16,25-26H,2,6-7,10,13-14,17-23H2,(H,29,32). The summed E-state index contributed by atoms with van der Waals surface area (Å²) in [5.74, 6) is 0.802. The highest BCUT2D eigenvalue weighted by molar-refractivity contribution is 5.92. The maximum absolute atomic E-state index is 13.1. The molecule has 2 aromatic carbocycles. The highest BCUT2D eigenvalue weighted by Gasteiger charge is 2.22. The average molecular weight is 434 g/mol. The molecule has 32 heavy (non-hydrogen) atoms. The van der Waals surface area contributed by atoms with Gasteiger partial charge in [0.15, 0.2) is 0 Å². The van der Waals surface area contributed by atoms with Gasteiger partial charge in [0.2, 0.25) is 0 Å². The molecule has 1 N–H and O–H groups in total. The third-order valence-corrected chi connectivity index (χ3v) is 7.18. The van der Waals surface area contributed by atoms with Gasteiger partial charge in [-0.1, -0.05) is 67.8 Å². The van der Waals surface area contributed by atoms with E-state index in [1.807, 2.05) is 23.1 Å². The molecule has 1 aliphatic heterocycles. The van der Waals surface area contributed by atoms with Crippen molar-refractivity contribution in [2.45, 2.75) is 63.8 Å². The first kappa shape index (κ1) is 22.8. The lowest BCUT2D eigenvalue weighted by Gasteiger charge is -2.33. The minimum absolute atomic E-state index is 0.0738. The Hall–Kier alpha value is -2.33. The van der Waals surface area contributed by atoms with Gasteiger partial charge in [-0.2, -0.15) is 0 Å². The fourth-order valence-corrected chi connectivity index (χ4v) is 5.27. The predicted molar refractivity (Wildman–Crippen MR) is 133 cm³/mol. The van der Waals surface area contributed by atoms with Gasteiger partial charge in [0.05, 0.1) is 0 Å². The number of nitrogens with one attached hydrogen (secondary N) is 1. The Morgan fingerprint density at radius 2 is 1.53 bits per heavy atom. The molecule has 1 aliphatic carbocycles. The Morgan fingerprint density at radius 1 is 0.875 bits per heavy atom. The van der Waals surface area contributed by atoms with E-state index < -0.39 is 0 Å². The molecule has 0 unspecified atom stereocenters. The number of rotatable bonds is 8. The number of nitrogens with zero attached hydrogens (tertiary/aromatic N) is 2. The maximum Gasteiger partial charge on any atom is 0.322 e. The van der Waals surface area contributed by atoms with E-state index in [2.05, 4.69) is 52.7 Å². The van der Waals surface area contributed by atoms with Gasteiger partial charge in [0.25, 0.3) is 0 Å². The molecule has 2 fully saturated rings. The number of hydrogen-bond acceptors (Lipinski definition) is 2. The minimum atomic E-state index is 0.0738. The zero-order chi connectivity index (χ0) is 22.0. The molecule has 4 heteroatoms. The van der Waals surface area contributed by atoms with Crippen molar-refractivity contribution in [3.05, 3.63) is 66.2 Å². The number of urea groups is 1. The number of para-hydroxylation sites is 1. The van der Waals surface area contributed by atoms with Crippen LogP contribution in [-0.4, -0.2) is 43.2 Å². The summed E-state index contributed by atoms with van der Waals surface area (Å²) in [6.07, 6.45) is 10.8. The van der Waals surface area contributed by atoms with Crippen molar-refractivity contribution in [1.82, 2.24) is 10.2 Å². The van der Waals surface area contributed by atoms with Gasteiger partial charge in [-0.15, -0.1) is 0 Å². The molecule has 0 aromatic heterocycles. The molecule has 2 aliphatic rings. The molecule has 0 bridgehead atoms. The fourth-order valence-electron chi connectivity index (χ4n) is 5.27. The first-order valence-electron chi connectivity index (χ1n) is 12.7. The van der Waals surface area contributed by atoms with Crippen LogP contribution < -0.4 is 10.2 Å². The Labute approximate surface area is 194 Å². The number of amides is 2. The SMILES string of the molecule is O=C(NC1CCCCC1)N(CCCN1CCC(Cc2ccccc2)CC1)c1ccccc1. The van der Waals surface area contributed by atoms with Crippen molar-refractivity contribution in [1.29, 1.82) is 0 Å². The lowest BCUT2D eigenvalue weighted by Crippen LogP contribution is -2.46. The van der Waals surface area contributed by atoms with Crippen molar-refractivity contribution in [2.75, 3.05) is 31.1 Å². The fraction of sp³-hybridized carbons (Fsp3) is 0.536. The largest absolute Gasteiger partial charge is 0.335 e. The van der Waals surface area contributed by atoms with Gasteiger partial charge < -0.3 is 10.2 Å². The summed E-state index contributed by atoms with van der Waals surface area (Å²) in [6, 6.07) is 21.5. The van der Waals surface area contributed by atoms with E-state index in [9.17, 15) is 4.79 Å². The van der Waals surface area contributed by atoms with Crippen LogP contribution in [0.3, 0.4) is 0 Å². The van der Waals surface area contributed by atoms with Crippen molar-refractivity contribution >= 4 is 11.7 Å². The van der Waals surface area contributed by atoms with Crippen LogP contribution in [-0.2, 0) is 6.42 Å². The van der Waals surface area contributed by atoms with E-state index in [-0.39, 0.29) is 6.03 Å². The highest BCUT2D eigenvalue weighted by atomic mass is 16.2. The molecule has 1 saturated heterocycles. The van der Waals surface area contributed by atoms with Crippen LogP contribution in [0.2, 0.25) is 0 Å². The van der Waals surface area contributed by atoms with Crippen LogP contribution in [0.4, 0.5) is 10.5 Å². The highest BCUT2D eigenvalue weighted by Crippen LogP contribution is 2.23. The van der Waals surface area contributed by atoms with Gasteiger partial charge in [0, 0.05) is 18.3 Å². The molecular formula is C28H39N3O. The number of carbonyl (C=O) groups excluding carboxylic acids is 1. The maximum atomic E-state index is 13.1. The zero-order valence-electron chi connectivity index (χ0n) is 19.4. The van der Waals surface area contributed by atoms with E-state index in [0.29, 0.717) is 6.04 Å². The van der Waals surface area contributed by atoms with Crippen LogP contribution in [0.25, 0.3) is 0 Å². The topological polar surface area (TPSA) is 35.6 Å². The average Bonchev–Trinajstić information content (AvgIpc) is 2.85. The van der Waals surface area contributed by atoms with Crippen molar-refractivity contribution < 1.29 is 4.79 Å². The second-order valence-electron chi connectivity index (χ2n) is 9.60. The van der Waals surface area contributed by atoms with Gasteiger partial charge in [-0.05, 0) is 81.8 Å². The van der Waals surface area contributed by atoms with E-state index in [0.717, 1.165) is 44.0 Å². The van der Waals surface area contributed by atoms with Crippen LogP contribution in [0, 0.1) is 5.92 Å². The Morgan fingerprint density at radius 3 is 2.22 bits per heavy atom. The van der Waals surface area contributed by atoms with Crippen molar-refractivity contribution in [3.8, 4) is 0 Å². The van der Waals surface area contributed by atoms with E-state index in [1.54, 1.807) is 0 Å². The number of likely N-dealkylation sites (tertiary alicyclic amines) is 1. The number of piperidine rings is 1. The normalized spacial score (nSPS) is 18.4. The summed E-state index contributed by atoms with van der Waals surface area (Å²) in [6.45, 7) is 4.19. The quantitative estimate of drug-likeness (QED) is 0.564. The van der Waals surface area contributed by atoms with Gasteiger partial charge >= 0.3 is 6.03 Å². The molecule has 0 radical (unpaired) electrons. The summed E-state index contributed by atoms with van der Waals surface area (Å²) in [5.41, 5.74) is 2.47. The van der Waals surface area contributed by atoms with E-state index >= 15 is 0 Å². The van der Waals surface area contributed by atoms with Gasteiger partial charge in [0.1, 0.15) is 0 Å². The smallest absolute Gasteiger partial charge is 0.322 e. The van der Waals surface area contributed by atoms with E-state index in [4.69, 9.17) is 0 Å². The van der Waals surface area contributed by atoms with Crippen LogP contribution >= 0.6 is 0 Å². The Balaban J connectivity index is 1.24. The zero-order valence-corrected chi connectivity index (χ0v) is 19.4. The summed E-state index contributed by atoms with van der Waals surface area (Å²) >= 11 is 0.